The zero-order chi connectivity index (χ0) is 17.9. The van der Waals surface area contributed by atoms with E-state index in [1.807, 2.05) is 77.5 Å². The fourth-order valence-electron chi connectivity index (χ4n) is 2.81. The second-order valence-corrected chi connectivity index (χ2v) is 6.31. The van der Waals surface area contributed by atoms with E-state index < -0.39 is 0 Å². The summed E-state index contributed by atoms with van der Waals surface area (Å²) in [6.45, 7) is 0.421. The van der Waals surface area contributed by atoms with Gasteiger partial charge in [0.2, 0.25) is 0 Å². The molecule has 0 saturated carbocycles. The van der Waals surface area contributed by atoms with Gasteiger partial charge >= 0.3 is 0 Å². The molecule has 0 unspecified atom stereocenters. The van der Waals surface area contributed by atoms with Gasteiger partial charge < -0.3 is 13.9 Å². The first-order valence-corrected chi connectivity index (χ1v) is 8.60. The highest BCUT2D eigenvalue weighted by molar-refractivity contribution is 6.30. The van der Waals surface area contributed by atoms with Crippen molar-refractivity contribution in [2.45, 2.75) is 6.61 Å². The number of ether oxygens (including phenoxy) is 2. The summed E-state index contributed by atoms with van der Waals surface area (Å²) in [5.74, 6) is 1.35. The Hall–Kier alpha value is -2.98. The number of imidazole rings is 1. The van der Waals surface area contributed by atoms with Crippen LogP contribution in [-0.4, -0.2) is 16.5 Å². The van der Waals surface area contributed by atoms with Crippen LogP contribution in [-0.2, 0) is 6.61 Å². The van der Waals surface area contributed by atoms with Gasteiger partial charge in [-0.25, -0.2) is 4.98 Å². The lowest BCUT2D eigenvalue weighted by Crippen LogP contribution is -1.98. The SMILES string of the molecule is COc1cc(-c2cn3ccccc3n2)ccc1OCc1cccc(Cl)c1. The Labute approximate surface area is 156 Å². The molecule has 4 nitrogen and oxygen atoms in total. The molecule has 0 atom stereocenters. The van der Waals surface area contributed by atoms with Crippen LogP contribution >= 0.6 is 11.6 Å². The van der Waals surface area contributed by atoms with Crippen molar-refractivity contribution < 1.29 is 9.47 Å². The van der Waals surface area contributed by atoms with Crippen LogP contribution in [0.15, 0.2) is 73.1 Å². The van der Waals surface area contributed by atoms with Gasteiger partial charge in [0.15, 0.2) is 11.5 Å². The Morgan fingerprint density at radius 3 is 2.73 bits per heavy atom. The molecule has 2 aromatic heterocycles. The number of halogens is 1. The van der Waals surface area contributed by atoms with E-state index in [0.29, 0.717) is 23.1 Å². The summed E-state index contributed by atoms with van der Waals surface area (Å²) in [7, 11) is 1.63. The zero-order valence-electron chi connectivity index (χ0n) is 14.2. The van der Waals surface area contributed by atoms with E-state index in [1.165, 1.54) is 0 Å². The predicted octanol–water partition coefficient (Wildman–Crippen LogP) is 5.24. The molecular weight excluding hydrogens is 348 g/mol. The third kappa shape index (κ3) is 3.37. The normalized spacial score (nSPS) is 10.8. The van der Waals surface area contributed by atoms with E-state index in [2.05, 4.69) is 4.98 Å². The molecule has 0 spiro atoms. The molecule has 0 bridgehead atoms. The topological polar surface area (TPSA) is 35.8 Å². The summed E-state index contributed by atoms with van der Waals surface area (Å²) in [4.78, 5) is 4.64. The van der Waals surface area contributed by atoms with Crippen molar-refractivity contribution in [2.24, 2.45) is 0 Å². The van der Waals surface area contributed by atoms with Crippen molar-refractivity contribution in [1.82, 2.24) is 9.38 Å². The first kappa shape index (κ1) is 16.5. The van der Waals surface area contributed by atoms with Gasteiger partial charge in [0, 0.05) is 23.0 Å². The molecule has 2 heterocycles. The maximum Gasteiger partial charge on any atom is 0.161 e. The zero-order valence-corrected chi connectivity index (χ0v) is 15.0. The minimum absolute atomic E-state index is 0.421. The Balaban J connectivity index is 1.59. The summed E-state index contributed by atoms with van der Waals surface area (Å²) >= 11 is 6.02. The lowest BCUT2D eigenvalue weighted by atomic mass is 10.1. The Kier molecular flexibility index (Phi) is 4.50. The fraction of sp³-hybridized carbons (Fsp3) is 0.0952. The van der Waals surface area contributed by atoms with Crippen LogP contribution in [0.5, 0.6) is 11.5 Å². The van der Waals surface area contributed by atoms with Crippen molar-refractivity contribution >= 4 is 17.2 Å². The maximum atomic E-state index is 6.02. The molecule has 0 amide bonds. The molecule has 4 rings (SSSR count). The average molecular weight is 365 g/mol. The number of benzene rings is 2. The molecule has 4 aromatic rings. The van der Waals surface area contributed by atoms with Gasteiger partial charge in [0.25, 0.3) is 0 Å². The number of nitrogens with zero attached hydrogens (tertiary/aromatic N) is 2. The molecule has 5 heteroatoms. The summed E-state index contributed by atoms with van der Waals surface area (Å²) in [6, 6.07) is 19.4. The number of hydrogen-bond donors (Lipinski definition) is 0. The third-order valence-electron chi connectivity index (χ3n) is 4.11. The lowest BCUT2D eigenvalue weighted by molar-refractivity contribution is 0.284. The molecular formula is C21H17ClN2O2. The van der Waals surface area contributed by atoms with Gasteiger partial charge in [0.1, 0.15) is 12.3 Å². The molecule has 0 aliphatic heterocycles. The van der Waals surface area contributed by atoms with Crippen molar-refractivity contribution in [1.29, 1.82) is 0 Å². The monoisotopic (exact) mass is 364 g/mol. The van der Waals surface area contributed by atoms with Crippen LogP contribution in [0, 0.1) is 0 Å². The van der Waals surface area contributed by atoms with Crippen molar-refractivity contribution in [3.63, 3.8) is 0 Å². The van der Waals surface area contributed by atoms with E-state index in [-0.39, 0.29) is 0 Å². The average Bonchev–Trinajstić information content (AvgIpc) is 3.10. The second-order valence-electron chi connectivity index (χ2n) is 5.88. The standard InChI is InChI=1S/C21H17ClN2O2/c1-25-20-12-16(18-13-24-10-3-2-7-21(24)23-18)8-9-19(20)26-14-15-5-4-6-17(22)11-15/h2-13H,14H2,1H3. The Morgan fingerprint density at radius 1 is 1.00 bits per heavy atom. The van der Waals surface area contributed by atoms with Crippen LogP contribution in [0.25, 0.3) is 16.9 Å². The molecule has 0 radical (unpaired) electrons. The number of aromatic nitrogens is 2. The molecule has 26 heavy (non-hydrogen) atoms. The smallest absolute Gasteiger partial charge is 0.161 e. The maximum absolute atomic E-state index is 6.02. The van der Waals surface area contributed by atoms with E-state index in [1.54, 1.807) is 7.11 Å². The fourth-order valence-corrected chi connectivity index (χ4v) is 3.02. The van der Waals surface area contributed by atoms with E-state index in [4.69, 9.17) is 21.1 Å². The second kappa shape index (κ2) is 7.10. The van der Waals surface area contributed by atoms with E-state index in [0.717, 1.165) is 22.5 Å². The summed E-state index contributed by atoms with van der Waals surface area (Å²) < 4.78 is 13.4. The van der Waals surface area contributed by atoms with Crippen LogP contribution in [0.1, 0.15) is 5.56 Å². The van der Waals surface area contributed by atoms with E-state index >= 15 is 0 Å². The minimum atomic E-state index is 0.421. The van der Waals surface area contributed by atoms with Gasteiger partial charge in [-0.05, 0) is 48.0 Å². The van der Waals surface area contributed by atoms with Crippen LogP contribution < -0.4 is 9.47 Å². The number of fused-ring (bicyclic) bond motifs is 1. The quantitative estimate of drug-likeness (QED) is 0.485. The van der Waals surface area contributed by atoms with Gasteiger partial charge in [-0.15, -0.1) is 0 Å². The summed E-state index contributed by atoms with van der Waals surface area (Å²) in [5.41, 5.74) is 3.77. The molecule has 0 aliphatic rings. The Morgan fingerprint density at radius 2 is 1.92 bits per heavy atom. The third-order valence-corrected chi connectivity index (χ3v) is 4.34. The van der Waals surface area contributed by atoms with Crippen LogP contribution in [0.3, 0.4) is 0 Å². The lowest BCUT2D eigenvalue weighted by Gasteiger charge is -2.12. The number of methoxy groups -OCH3 is 1. The predicted molar refractivity (Wildman–Crippen MR) is 103 cm³/mol. The molecule has 0 N–H and O–H groups in total. The molecule has 0 aliphatic carbocycles. The largest absolute Gasteiger partial charge is 0.493 e. The highest BCUT2D eigenvalue weighted by atomic mass is 35.5. The number of rotatable bonds is 5. The first-order valence-electron chi connectivity index (χ1n) is 8.22. The van der Waals surface area contributed by atoms with Gasteiger partial charge in [-0.2, -0.15) is 0 Å². The van der Waals surface area contributed by atoms with Crippen molar-refractivity contribution in [3.8, 4) is 22.8 Å². The highest BCUT2D eigenvalue weighted by Gasteiger charge is 2.10. The van der Waals surface area contributed by atoms with Crippen LogP contribution in [0.4, 0.5) is 0 Å². The van der Waals surface area contributed by atoms with E-state index in [9.17, 15) is 0 Å². The number of pyridine rings is 1. The van der Waals surface area contributed by atoms with Crippen molar-refractivity contribution in [3.05, 3.63) is 83.6 Å². The van der Waals surface area contributed by atoms with Gasteiger partial charge in [-0.1, -0.05) is 29.8 Å². The highest BCUT2D eigenvalue weighted by Crippen LogP contribution is 2.33. The van der Waals surface area contributed by atoms with Crippen molar-refractivity contribution in [2.75, 3.05) is 7.11 Å². The van der Waals surface area contributed by atoms with Gasteiger partial charge in [-0.3, -0.25) is 0 Å². The molecule has 0 saturated heterocycles. The Bertz CT molecular complexity index is 1030. The van der Waals surface area contributed by atoms with Gasteiger partial charge in [0.05, 0.1) is 12.8 Å². The summed E-state index contributed by atoms with van der Waals surface area (Å²) in [5, 5.41) is 0.695. The minimum Gasteiger partial charge on any atom is -0.493 e. The molecule has 0 fully saturated rings. The molecule has 130 valence electrons. The summed E-state index contributed by atoms with van der Waals surface area (Å²) in [6.07, 6.45) is 3.97. The number of hydrogen-bond acceptors (Lipinski definition) is 3. The molecule has 2 aromatic carbocycles. The van der Waals surface area contributed by atoms with Crippen LogP contribution in [0.2, 0.25) is 5.02 Å². The first-order chi connectivity index (χ1) is 12.7.